The Kier molecular flexibility index (Phi) is 7.43. The van der Waals surface area contributed by atoms with Crippen molar-refractivity contribution < 1.29 is 18.8 Å². The van der Waals surface area contributed by atoms with Crippen LogP contribution in [-0.2, 0) is 20.9 Å². The normalized spacial score (nSPS) is 16.2. The third-order valence-electron chi connectivity index (χ3n) is 5.76. The molecule has 1 aliphatic rings. The van der Waals surface area contributed by atoms with E-state index in [1.807, 2.05) is 61.5 Å². The Morgan fingerprint density at radius 2 is 1.71 bits per heavy atom. The molecule has 0 radical (unpaired) electrons. The number of carbonyl (C=O) groups excluding carboxylic acids is 3. The van der Waals surface area contributed by atoms with Crippen LogP contribution in [0.4, 0.5) is 10.1 Å². The van der Waals surface area contributed by atoms with Gasteiger partial charge in [-0.15, -0.1) is 0 Å². The molecule has 2 atom stereocenters. The maximum atomic E-state index is 13.7. The maximum absolute atomic E-state index is 13.7. The van der Waals surface area contributed by atoms with Gasteiger partial charge in [0.25, 0.3) is 0 Å². The Morgan fingerprint density at radius 1 is 1.03 bits per heavy atom. The van der Waals surface area contributed by atoms with Crippen LogP contribution in [0.15, 0.2) is 78.9 Å². The van der Waals surface area contributed by atoms with Crippen LogP contribution in [0.25, 0.3) is 0 Å². The Morgan fingerprint density at radius 3 is 2.32 bits per heavy atom. The van der Waals surface area contributed by atoms with Gasteiger partial charge in [0.15, 0.2) is 5.12 Å². The summed E-state index contributed by atoms with van der Waals surface area (Å²) in [5.74, 6) is -1.06. The second kappa shape index (κ2) is 10.7. The third kappa shape index (κ3) is 5.54. The quantitative estimate of drug-likeness (QED) is 0.532. The molecule has 34 heavy (non-hydrogen) atoms. The van der Waals surface area contributed by atoms with Crippen molar-refractivity contribution in [3.63, 3.8) is 0 Å². The zero-order valence-electron chi connectivity index (χ0n) is 18.7. The molecule has 0 saturated carbocycles. The molecule has 0 unspecified atom stereocenters. The van der Waals surface area contributed by atoms with E-state index in [1.165, 1.54) is 17.0 Å². The van der Waals surface area contributed by atoms with Crippen molar-refractivity contribution in [2.24, 2.45) is 5.92 Å². The summed E-state index contributed by atoms with van der Waals surface area (Å²) in [6.45, 7) is 2.14. The van der Waals surface area contributed by atoms with Crippen molar-refractivity contribution in [2.75, 3.05) is 10.7 Å². The van der Waals surface area contributed by atoms with E-state index in [-0.39, 0.29) is 35.7 Å². The smallest absolute Gasteiger partial charge is 0.248 e. The number of amides is 2. The third-order valence-corrected chi connectivity index (χ3v) is 6.82. The van der Waals surface area contributed by atoms with Gasteiger partial charge >= 0.3 is 0 Å². The predicted octanol–water partition coefficient (Wildman–Crippen LogP) is 4.80. The maximum Gasteiger partial charge on any atom is 0.248 e. The van der Waals surface area contributed by atoms with Crippen LogP contribution in [0.3, 0.4) is 0 Å². The minimum absolute atomic E-state index is 0.0146. The number of nitrogens with one attached hydrogen (secondary N) is 1. The largest absolute Gasteiger partial charge is 0.350 e. The van der Waals surface area contributed by atoms with Gasteiger partial charge in [0.1, 0.15) is 11.9 Å². The van der Waals surface area contributed by atoms with Crippen molar-refractivity contribution in [2.45, 2.75) is 25.9 Å². The van der Waals surface area contributed by atoms with Gasteiger partial charge in [0, 0.05) is 24.4 Å². The van der Waals surface area contributed by atoms with E-state index in [2.05, 4.69) is 5.32 Å². The lowest BCUT2D eigenvalue weighted by atomic mass is 9.99. The Labute approximate surface area is 202 Å². The molecule has 3 aromatic rings. The number of hydrogen-bond donors (Lipinski definition) is 1. The van der Waals surface area contributed by atoms with Crippen molar-refractivity contribution in [1.29, 1.82) is 0 Å². The van der Waals surface area contributed by atoms with Crippen LogP contribution in [0.1, 0.15) is 29.2 Å². The summed E-state index contributed by atoms with van der Waals surface area (Å²) in [4.78, 5) is 40.8. The number of carbonyl (C=O) groups is 3. The van der Waals surface area contributed by atoms with Crippen molar-refractivity contribution >= 4 is 34.4 Å². The summed E-state index contributed by atoms with van der Waals surface area (Å²) in [5, 5.41) is 2.89. The molecular formula is C27H25FN2O3S. The molecule has 0 spiro atoms. The monoisotopic (exact) mass is 476 g/mol. The van der Waals surface area contributed by atoms with E-state index in [0.717, 1.165) is 22.9 Å². The lowest BCUT2D eigenvalue weighted by molar-refractivity contribution is -0.128. The van der Waals surface area contributed by atoms with E-state index in [1.54, 1.807) is 12.1 Å². The molecule has 1 N–H and O–H groups in total. The minimum atomic E-state index is -0.933. The van der Waals surface area contributed by atoms with Crippen molar-refractivity contribution in [3.05, 3.63) is 101 Å². The first-order chi connectivity index (χ1) is 16.4. The average Bonchev–Trinajstić information content (AvgIpc) is 3.29. The van der Waals surface area contributed by atoms with E-state index in [9.17, 15) is 18.8 Å². The highest BCUT2D eigenvalue weighted by Crippen LogP contribution is 2.34. The molecular weight excluding hydrogens is 451 g/mol. The van der Waals surface area contributed by atoms with Crippen LogP contribution in [0.5, 0.6) is 0 Å². The van der Waals surface area contributed by atoms with Crippen LogP contribution in [0.2, 0.25) is 0 Å². The first kappa shape index (κ1) is 23.7. The molecule has 4 rings (SSSR count). The van der Waals surface area contributed by atoms with Gasteiger partial charge in [-0.05, 0) is 42.3 Å². The summed E-state index contributed by atoms with van der Waals surface area (Å²) >= 11 is 1.16. The van der Waals surface area contributed by atoms with Crippen LogP contribution in [-0.4, -0.2) is 22.7 Å². The summed E-state index contributed by atoms with van der Waals surface area (Å²) in [6.07, 6.45) is 0.157. The molecule has 5 nitrogen and oxygen atoms in total. The number of hydrogen-bond acceptors (Lipinski definition) is 4. The lowest BCUT2D eigenvalue weighted by Crippen LogP contribution is -2.46. The fourth-order valence-corrected chi connectivity index (χ4v) is 4.88. The number of anilines is 1. The minimum Gasteiger partial charge on any atom is -0.350 e. The van der Waals surface area contributed by atoms with E-state index >= 15 is 0 Å². The Hall–Kier alpha value is -3.45. The second-order valence-electron chi connectivity index (χ2n) is 8.29. The fraction of sp³-hybridized carbons (Fsp3) is 0.222. The highest BCUT2D eigenvalue weighted by atomic mass is 32.2. The molecule has 0 aliphatic carbocycles. The highest BCUT2D eigenvalue weighted by molar-refractivity contribution is 8.14. The molecule has 1 heterocycles. The number of benzene rings is 3. The summed E-state index contributed by atoms with van der Waals surface area (Å²) in [5.41, 5.74) is 3.02. The highest BCUT2D eigenvalue weighted by Gasteiger charge is 2.39. The summed E-state index contributed by atoms with van der Waals surface area (Å²) in [6, 6.07) is 21.5. The van der Waals surface area contributed by atoms with E-state index < -0.39 is 12.0 Å². The summed E-state index contributed by atoms with van der Waals surface area (Å²) in [7, 11) is 0. The van der Waals surface area contributed by atoms with Gasteiger partial charge in [0.2, 0.25) is 11.8 Å². The SMILES string of the molecule is Cc1ccc(N(C(=O)[C@H]2CSC(=O)C2)[C@@H](C(=O)NCc2ccc(F)cc2)c2ccccc2)cc1. The number of halogens is 1. The van der Waals surface area contributed by atoms with Crippen LogP contribution < -0.4 is 10.2 Å². The molecule has 1 aliphatic heterocycles. The number of thioether (sulfide) groups is 1. The predicted molar refractivity (Wildman–Crippen MR) is 132 cm³/mol. The number of rotatable bonds is 7. The zero-order valence-corrected chi connectivity index (χ0v) is 19.6. The molecule has 3 aromatic carbocycles. The van der Waals surface area contributed by atoms with Crippen LogP contribution >= 0.6 is 11.8 Å². The first-order valence-electron chi connectivity index (χ1n) is 11.0. The second-order valence-corrected chi connectivity index (χ2v) is 9.36. The standard InChI is InChI=1S/C27H25FN2O3S/c1-18-7-13-23(14-8-18)30(27(33)21-15-24(31)34-17-21)25(20-5-3-2-4-6-20)26(32)29-16-19-9-11-22(28)12-10-19/h2-14,21,25H,15-17H2,1H3,(H,29,32)/t21-,25-/m1/s1. The van der Waals surface area contributed by atoms with Gasteiger partial charge < -0.3 is 5.32 Å². The van der Waals surface area contributed by atoms with Gasteiger partial charge in [-0.25, -0.2) is 4.39 Å². The van der Waals surface area contributed by atoms with Crippen LogP contribution in [0, 0.1) is 18.7 Å². The summed E-state index contributed by atoms with van der Waals surface area (Å²) < 4.78 is 13.3. The van der Waals surface area contributed by atoms with Gasteiger partial charge in [-0.3, -0.25) is 19.3 Å². The zero-order chi connectivity index (χ0) is 24.1. The van der Waals surface area contributed by atoms with Gasteiger partial charge in [-0.1, -0.05) is 71.9 Å². The lowest BCUT2D eigenvalue weighted by Gasteiger charge is -2.33. The number of aryl methyl sites for hydroxylation is 1. The van der Waals surface area contributed by atoms with E-state index in [0.29, 0.717) is 17.0 Å². The Balaban J connectivity index is 1.70. The molecule has 7 heteroatoms. The topological polar surface area (TPSA) is 66.5 Å². The molecule has 1 fully saturated rings. The average molecular weight is 477 g/mol. The molecule has 2 amide bonds. The molecule has 174 valence electrons. The first-order valence-corrected chi connectivity index (χ1v) is 12.0. The molecule has 0 bridgehead atoms. The van der Waals surface area contributed by atoms with Gasteiger partial charge in [-0.2, -0.15) is 0 Å². The molecule has 0 aromatic heterocycles. The fourth-order valence-electron chi connectivity index (χ4n) is 3.92. The van der Waals surface area contributed by atoms with Gasteiger partial charge in [0.05, 0.1) is 5.92 Å². The molecule has 1 saturated heterocycles. The van der Waals surface area contributed by atoms with Crippen molar-refractivity contribution in [3.8, 4) is 0 Å². The van der Waals surface area contributed by atoms with E-state index in [4.69, 9.17) is 0 Å². The Bertz CT molecular complexity index is 1170. The number of nitrogens with zero attached hydrogens (tertiary/aromatic N) is 1. The van der Waals surface area contributed by atoms with Crippen molar-refractivity contribution in [1.82, 2.24) is 5.32 Å².